The summed E-state index contributed by atoms with van der Waals surface area (Å²) >= 11 is 0. The van der Waals surface area contributed by atoms with E-state index >= 15 is 0 Å². The molecule has 1 spiro atoms. The predicted molar refractivity (Wildman–Crippen MR) is 74.1 cm³/mol. The summed E-state index contributed by atoms with van der Waals surface area (Å²) in [7, 11) is 0. The van der Waals surface area contributed by atoms with Gasteiger partial charge in [-0.2, -0.15) is 0 Å². The molecule has 3 aliphatic rings. The van der Waals surface area contributed by atoms with Crippen LogP contribution in [0, 0.1) is 0 Å². The molecule has 2 aliphatic heterocycles. The number of hydrogen-bond acceptors (Lipinski definition) is 3. The number of nitrogens with zero attached hydrogens (tertiary/aromatic N) is 1. The van der Waals surface area contributed by atoms with Crippen LogP contribution in [0.4, 0.5) is 0 Å². The van der Waals surface area contributed by atoms with Crippen LogP contribution in [-0.2, 0) is 14.3 Å². The minimum Gasteiger partial charge on any atom is -0.373 e. The van der Waals surface area contributed by atoms with Crippen molar-refractivity contribution in [3.8, 4) is 0 Å². The molecule has 3 rings (SSSR count). The predicted octanol–water partition coefficient (Wildman–Crippen LogP) is 1.22. The van der Waals surface area contributed by atoms with Gasteiger partial charge >= 0.3 is 0 Å². The molecular weight excluding hydrogens is 256 g/mol. The molecule has 112 valence electrons. The van der Waals surface area contributed by atoms with Crippen molar-refractivity contribution in [2.75, 3.05) is 13.1 Å². The summed E-state index contributed by atoms with van der Waals surface area (Å²) < 4.78 is 5.80. The van der Waals surface area contributed by atoms with Gasteiger partial charge in [0.1, 0.15) is 5.54 Å². The SMILES string of the molecule is CC1CCC(CN2CC(=O)NC3(CCCCC3)C2=O)O1. The molecule has 0 bridgehead atoms. The van der Waals surface area contributed by atoms with E-state index in [2.05, 4.69) is 12.2 Å². The summed E-state index contributed by atoms with van der Waals surface area (Å²) in [6, 6.07) is 0. The Morgan fingerprint density at radius 1 is 1.25 bits per heavy atom. The fraction of sp³-hybridized carbons (Fsp3) is 0.867. The van der Waals surface area contributed by atoms with Crippen LogP contribution in [0.5, 0.6) is 0 Å². The summed E-state index contributed by atoms with van der Waals surface area (Å²) in [6.07, 6.45) is 7.19. The first-order valence-corrected chi connectivity index (χ1v) is 7.85. The highest BCUT2D eigenvalue weighted by atomic mass is 16.5. The molecule has 20 heavy (non-hydrogen) atoms. The van der Waals surface area contributed by atoms with Gasteiger partial charge in [-0.05, 0) is 32.6 Å². The van der Waals surface area contributed by atoms with Crippen LogP contribution in [0.1, 0.15) is 51.9 Å². The van der Waals surface area contributed by atoms with Crippen molar-refractivity contribution < 1.29 is 14.3 Å². The van der Waals surface area contributed by atoms with Gasteiger partial charge in [0.25, 0.3) is 0 Å². The van der Waals surface area contributed by atoms with Crippen molar-refractivity contribution in [2.45, 2.75) is 69.6 Å². The summed E-state index contributed by atoms with van der Waals surface area (Å²) in [4.78, 5) is 26.5. The number of hydrogen-bond donors (Lipinski definition) is 1. The first kappa shape index (κ1) is 13.9. The molecule has 0 radical (unpaired) electrons. The maximum atomic E-state index is 12.8. The molecule has 2 unspecified atom stereocenters. The smallest absolute Gasteiger partial charge is 0.248 e. The van der Waals surface area contributed by atoms with E-state index in [-0.39, 0.29) is 30.6 Å². The third kappa shape index (κ3) is 2.55. The van der Waals surface area contributed by atoms with E-state index in [9.17, 15) is 9.59 Å². The van der Waals surface area contributed by atoms with Gasteiger partial charge in [0.05, 0.1) is 18.8 Å². The summed E-state index contributed by atoms with van der Waals surface area (Å²) in [5, 5.41) is 2.97. The molecule has 0 aromatic rings. The molecule has 2 amide bonds. The highest BCUT2D eigenvalue weighted by molar-refractivity contribution is 5.98. The van der Waals surface area contributed by atoms with Gasteiger partial charge in [0, 0.05) is 6.54 Å². The van der Waals surface area contributed by atoms with Gasteiger partial charge in [-0.3, -0.25) is 9.59 Å². The second kappa shape index (κ2) is 5.35. The quantitative estimate of drug-likeness (QED) is 0.827. The van der Waals surface area contributed by atoms with Gasteiger partial charge in [-0.1, -0.05) is 19.3 Å². The van der Waals surface area contributed by atoms with Crippen molar-refractivity contribution in [3.05, 3.63) is 0 Å². The zero-order valence-electron chi connectivity index (χ0n) is 12.2. The van der Waals surface area contributed by atoms with Crippen LogP contribution < -0.4 is 5.32 Å². The Kier molecular flexibility index (Phi) is 3.71. The lowest BCUT2D eigenvalue weighted by atomic mass is 9.79. The van der Waals surface area contributed by atoms with E-state index < -0.39 is 5.54 Å². The monoisotopic (exact) mass is 280 g/mol. The lowest BCUT2D eigenvalue weighted by Crippen LogP contribution is -2.67. The van der Waals surface area contributed by atoms with Crippen LogP contribution in [0.15, 0.2) is 0 Å². The first-order valence-electron chi connectivity index (χ1n) is 7.85. The molecule has 2 heterocycles. The number of piperazine rings is 1. The van der Waals surface area contributed by atoms with E-state index in [1.165, 1.54) is 0 Å². The van der Waals surface area contributed by atoms with Crippen molar-refractivity contribution in [3.63, 3.8) is 0 Å². The molecule has 1 saturated carbocycles. The van der Waals surface area contributed by atoms with Crippen LogP contribution in [0.3, 0.4) is 0 Å². The second-order valence-electron chi connectivity index (χ2n) is 6.52. The van der Waals surface area contributed by atoms with Crippen LogP contribution >= 0.6 is 0 Å². The summed E-state index contributed by atoms with van der Waals surface area (Å²) in [5.74, 6) is 0.0949. The van der Waals surface area contributed by atoms with Crippen molar-refractivity contribution in [1.82, 2.24) is 10.2 Å². The highest BCUT2D eigenvalue weighted by Gasteiger charge is 2.47. The Morgan fingerprint density at radius 3 is 2.65 bits per heavy atom. The van der Waals surface area contributed by atoms with Crippen molar-refractivity contribution >= 4 is 11.8 Å². The van der Waals surface area contributed by atoms with E-state index in [1.807, 2.05) is 0 Å². The largest absolute Gasteiger partial charge is 0.373 e. The minimum absolute atomic E-state index is 0.0162. The van der Waals surface area contributed by atoms with Crippen LogP contribution in [0.2, 0.25) is 0 Å². The molecule has 5 heteroatoms. The highest BCUT2D eigenvalue weighted by Crippen LogP contribution is 2.32. The zero-order chi connectivity index (χ0) is 14.2. The number of carbonyl (C=O) groups excluding carboxylic acids is 2. The molecule has 2 saturated heterocycles. The Balaban J connectivity index is 1.70. The average molecular weight is 280 g/mol. The topological polar surface area (TPSA) is 58.6 Å². The fourth-order valence-electron chi connectivity index (χ4n) is 3.81. The number of ether oxygens (including phenoxy) is 1. The molecular formula is C15H24N2O3. The van der Waals surface area contributed by atoms with E-state index in [4.69, 9.17) is 4.74 Å². The number of carbonyl (C=O) groups is 2. The average Bonchev–Trinajstić information content (AvgIpc) is 2.82. The maximum Gasteiger partial charge on any atom is 0.248 e. The third-order valence-electron chi connectivity index (χ3n) is 4.86. The molecule has 1 aliphatic carbocycles. The van der Waals surface area contributed by atoms with E-state index in [0.29, 0.717) is 6.54 Å². The lowest BCUT2D eigenvalue weighted by Gasteiger charge is -2.44. The molecule has 0 aromatic carbocycles. The minimum atomic E-state index is -0.613. The molecule has 0 aromatic heterocycles. The molecule has 5 nitrogen and oxygen atoms in total. The van der Waals surface area contributed by atoms with Gasteiger partial charge in [0.15, 0.2) is 0 Å². The third-order valence-corrected chi connectivity index (χ3v) is 4.86. The Labute approximate surface area is 120 Å². The van der Waals surface area contributed by atoms with Crippen molar-refractivity contribution in [1.29, 1.82) is 0 Å². The first-order chi connectivity index (χ1) is 9.59. The van der Waals surface area contributed by atoms with Gasteiger partial charge in [0.2, 0.25) is 11.8 Å². The molecule has 2 atom stereocenters. The zero-order valence-corrected chi connectivity index (χ0v) is 12.2. The second-order valence-corrected chi connectivity index (χ2v) is 6.52. The number of nitrogens with one attached hydrogen (secondary N) is 1. The Hall–Kier alpha value is -1.10. The van der Waals surface area contributed by atoms with Crippen LogP contribution in [-0.4, -0.2) is 47.6 Å². The molecule has 3 fully saturated rings. The Morgan fingerprint density at radius 2 is 2.00 bits per heavy atom. The van der Waals surface area contributed by atoms with Crippen LogP contribution in [0.25, 0.3) is 0 Å². The fourth-order valence-corrected chi connectivity index (χ4v) is 3.81. The van der Waals surface area contributed by atoms with Gasteiger partial charge < -0.3 is 15.0 Å². The standard InChI is InChI=1S/C15H24N2O3/c1-11-5-6-12(20-11)9-17-10-13(18)16-15(14(17)19)7-3-2-4-8-15/h11-12H,2-10H2,1H3,(H,16,18). The lowest BCUT2D eigenvalue weighted by molar-refractivity contribution is -0.153. The normalized spacial score (nSPS) is 33.5. The maximum absolute atomic E-state index is 12.8. The number of amides is 2. The van der Waals surface area contributed by atoms with E-state index in [0.717, 1.165) is 44.9 Å². The van der Waals surface area contributed by atoms with E-state index in [1.54, 1.807) is 4.90 Å². The summed E-state index contributed by atoms with van der Waals surface area (Å²) in [6.45, 7) is 2.82. The van der Waals surface area contributed by atoms with Gasteiger partial charge in [-0.15, -0.1) is 0 Å². The Bertz CT molecular complexity index is 404. The number of rotatable bonds is 2. The molecule has 1 N–H and O–H groups in total. The summed E-state index contributed by atoms with van der Waals surface area (Å²) in [5.41, 5.74) is -0.613. The van der Waals surface area contributed by atoms with Crippen molar-refractivity contribution in [2.24, 2.45) is 0 Å². The van der Waals surface area contributed by atoms with Gasteiger partial charge in [-0.25, -0.2) is 0 Å².